The summed E-state index contributed by atoms with van der Waals surface area (Å²) < 4.78 is 0. The van der Waals surface area contributed by atoms with Crippen LogP contribution in [-0.4, -0.2) is 24.3 Å². The molecule has 0 aliphatic rings. The van der Waals surface area contributed by atoms with Crippen LogP contribution in [0.5, 0.6) is 0 Å². The topological polar surface area (TPSA) is 106 Å². The summed E-state index contributed by atoms with van der Waals surface area (Å²) >= 11 is 5.95. The molecule has 0 saturated carbocycles. The van der Waals surface area contributed by atoms with Crippen molar-refractivity contribution in [3.8, 4) is 0 Å². The zero-order chi connectivity index (χ0) is 18.8. The molecule has 0 bridgehead atoms. The molecule has 136 valence electrons. The molecular weight excluding hydrogens is 356 g/mol. The van der Waals surface area contributed by atoms with E-state index in [1.54, 1.807) is 24.3 Å². The van der Waals surface area contributed by atoms with Crippen LogP contribution in [0.4, 0.5) is 5.69 Å². The SMILES string of the molecule is NC(CC(=O)Nc1ccccc1Cl)=NOCC(=O)NCc1ccccc1. The van der Waals surface area contributed by atoms with Gasteiger partial charge < -0.3 is 21.2 Å². The molecule has 2 aromatic carbocycles. The molecule has 0 aliphatic heterocycles. The van der Waals surface area contributed by atoms with E-state index in [4.69, 9.17) is 22.2 Å². The molecule has 0 aromatic heterocycles. The summed E-state index contributed by atoms with van der Waals surface area (Å²) in [6.45, 7) is 0.0993. The molecule has 0 unspecified atom stereocenters. The molecule has 8 heteroatoms. The van der Waals surface area contributed by atoms with E-state index >= 15 is 0 Å². The molecule has 2 amide bonds. The number of amides is 2. The van der Waals surface area contributed by atoms with Gasteiger partial charge in [0.05, 0.1) is 17.1 Å². The number of amidine groups is 1. The number of hydrogen-bond acceptors (Lipinski definition) is 4. The van der Waals surface area contributed by atoms with Gasteiger partial charge in [0.25, 0.3) is 5.91 Å². The van der Waals surface area contributed by atoms with Gasteiger partial charge >= 0.3 is 0 Å². The van der Waals surface area contributed by atoms with Gasteiger partial charge in [-0.05, 0) is 17.7 Å². The number of halogens is 1. The summed E-state index contributed by atoms with van der Waals surface area (Å²) in [5.41, 5.74) is 7.07. The first-order chi connectivity index (χ1) is 12.5. The zero-order valence-corrected chi connectivity index (χ0v) is 14.7. The predicted molar refractivity (Wildman–Crippen MR) is 101 cm³/mol. The number of nitrogens with two attached hydrogens (primary N) is 1. The number of nitrogens with zero attached hydrogens (tertiary/aromatic N) is 1. The van der Waals surface area contributed by atoms with Crippen molar-refractivity contribution in [1.29, 1.82) is 0 Å². The fourth-order valence-corrected chi connectivity index (χ4v) is 2.16. The molecule has 2 aromatic rings. The molecule has 0 aliphatic carbocycles. The van der Waals surface area contributed by atoms with Crippen LogP contribution in [0.1, 0.15) is 12.0 Å². The number of oxime groups is 1. The summed E-state index contributed by atoms with van der Waals surface area (Å²) in [6.07, 6.45) is -0.184. The quantitative estimate of drug-likeness (QED) is 0.374. The fraction of sp³-hybridized carbons (Fsp3) is 0.167. The van der Waals surface area contributed by atoms with E-state index in [2.05, 4.69) is 15.8 Å². The van der Waals surface area contributed by atoms with Gasteiger partial charge in [-0.15, -0.1) is 0 Å². The lowest BCUT2D eigenvalue weighted by molar-refractivity contribution is -0.125. The Morgan fingerprint density at radius 1 is 1.04 bits per heavy atom. The summed E-state index contributed by atoms with van der Waals surface area (Å²) in [5, 5.41) is 9.28. The standard InChI is InChI=1S/C18H19ClN4O3/c19-14-8-4-5-9-15(14)22-17(24)10-16(20)23-26-12-18(25)21-11-13-6-2-1-3-7-13/h1-9H,10-12H2,(H2,20,23)(H,21,25)(H,22,24). The molecule has 4 N–H and O–H groups in total. The Kier molecular flexibility index (Phi) is 7.45. The van der Waals surface area contributed by atoms with Gasteiger partial charge in [0, 0.05) is 6.54 Å². The number of hydrogen-bond donors (Lipinski definition) is 3. The van der Waals surface area contributed by atoms with E-state index in [0.717, 1.165) is 5.56 Å². The Morgan fingerprint density at radius 3 is 2.46 bits per heavy atom. The number of nitrogens with one attached hydrogen (secondary N) is 2. The number of para-hydroxylation sites is 1. The van der Waals surface area contributed by atoms with E-state index < -0.39 is 5.91 Å². The Bertz CT molecular complexity index is 781. The fourth-order valence-electron chi connectivity index (χ4n) is 1.98. The maximum atomic E-state index is 11.9. The number of carbonyl (C=O) groups is 2. The minimum Gasteiger partial charge on any atom is -0.384 e. The van der Waals surface area contributed by atoms with Crippen molar-refractivity contribution in [2.75, 3.05) is 11.9 Å². The Morgan fingerprint density at radius 2 is 1.73 bits per heavy atom. The summed E-state index contributed by atoms with van der Waals surface area (Å²) in [4.78, 5) is 28.4. The van der Waals surface area contributed by atoms with Crippen molar-refractivity contribution < 1.29 is 14.4 Å². The van der Waals surface area contributed by atoms with Gasteiger partial charge in [0.15, 0.2) is 6.61 Å². The first-order valence-corrected chi connectivity index (χ1v) is 8.21. The van der Waals surface area contributed by atoms with Crippen LogP contribution < -0.4 is 16.4 Å². The smallest absolute Gasteiger partial charge is 0.261 e. The van der Waals surface area contributed by atoms with Crippen LogP contribution in [0.3, 0.4) is 0 Å². The second-order valence-corrected chi connectivity index (χ2v) is 5.73. The van der Waals surface area contributed by atoms with Crippen LogP contribution in [0.25, 0.3) is 0 Å². The lowest BCUT2D eigenvalue weighted by Gasteiger charge is -2.07. The average molecular weight is 375 g/mol. The lowest BCUT2D eigenvalue weighted by Crippen LogP contribution is -2.27. The highest BCUT2D eigenvalue weighted by Crippen LogP contribution is 2.20. The van der Waals surface area contributed by atoms with Crippen molar-refractivity contribution in [3.05, 3.63) is 65.2 Å². The van der Waals surface area contributed by atoms with E-state index in [1.165, 1.54) is 0 Å². The molecule has 7 nitrogen and oxygen atoms in total. The predicted octanol–water partition coefficient (Wildman–Crippen LogP) is 2.27. The summed E-state index contributed by atoms with van der Waals surface area (Å²) in [6, 6.07) is 16.3. The Balaban J connectivity index is 1.69. The third kappa shape index (κ3) is 6.82. The first kappa shape index (κ1) is 19.3. The summed E-state index contributed by atoms with van der Waals surface area (Å²) in [7, 11) is 0. The Labute approximate surface area is 156 Å². The largest absolute Gasteiger partial charge is 0.384 e. The van der Waals surface area contributed by atoms with Crippen LogP contribution in [0.15, 0.2) is 59.8 Å². The third-order valence-electron chi connectivity index (χ3n) is 3.20. The summed E-state index contributed by atoms with van der Waals surface area (Å²) in [5.74, 6) is -0.784. The second-order valence-electron chi connectivity index (χ2n) is 5.32. The molecule has 2 rings (SSSR count). The monoisotopic (exact) mass is 374 g/mol. The molecular formula is C18H19ClN4O3. The molecule has 0 heterocycles. The third-order valence-corrected chi connectivity index (χ3v) is 3.53. The van der Waals surface area contributed by atoms with Gasteiger partial charge in [-0.3, -0.25) is 9.59 Å². The van der Waals surface area contributed by atoms with Crippen LogP contribution >= 0.6 is 11.6 Å². The number of anilines is 1. The van der Waals surface area contributed by atoms with Gasteiger partial charge in [0.1, 0.15) is 5.84 Å². The number of carbonyl (C=O) groups excluding carboxylic acids is 2. The molecule has 0 spiro atoms. The zero-order valence-electron chi connectivity index (χ0n) is 13.9. The van der Waals surface area contributed by atoms with Gasteiger partial charge in [-0.2, -0.15) is 0 Å². The molecule has 0 atom stereocenters. The number of rotatable bonds is 8. The normalized spacial score (nSPS) is 10.9. The van der Waals surface area contributed by atoms with E-state index in [0.29, 0.717) is 17.3 Å². The highest BCUT2D eigenvalue weighted by atomic mass is 35.5. The van der Waals surface area contributed by atoms with Crippen molar-refractivity contribution in [2.24, 2.45) is 10.9 Å². The minimum absolute atomic E-state index is 0.0505. The maximum absolute atomic E-state index is 11.9. The van der Waals surface area contributed by atoms with Crippen molar-refractivity contribution in [3.63, 3.8) is 0 Å². The molecule has 0 saturated heterocycles. The van der Waals surface area contributed by atoms with Crippen molar-refractivity contribution >= 4 is 34.9 Å². The van der Waals surface area contributed by atoms with E-state index in [9.17, 15) is 9.59 Å². The van der Waals surface area contributed by atoms with Crippen molar-refractivity contribution in [1.82, 2.24) is 5.32 Å². The molecule has 0 fully saturated rings. The number of benzene rings is 2. The Hall–Kier alpha value is -3.06. The van der Waals surface area contributed by atoms with Crippen molar-refractivity contribution in [2.45, 2.75) is 13.0 Å². The lowest BCUT2D eigenvalue weighted by atomic mass is 10.2. The maximum Gasteiger partial charge on any atom is 0.261 e. The highest BCUT2D eigenvalue weighted by Gasteiger charge is 2.08. The van der Waals surface area contributed by atoms with Gasteiger partial charge in [-0.25, -0.2) is 0 Å². The highest BCUT2D eigenvalue weighted by molar-refractivity contribution is 6.33. The second kappa shape index (κ2) is 10.0. The van der Waals surface area contributed by atoms with E-state index in [-0.39, 0.29) is 24.8 Å². The van der Waals surface area contributed by atoms with Crippen LogP contribution in [-0.2, 0) is 21.0 Å². The van der Waals surface area contributed by atoms with Crippen LogP contribution in [0, 0.1) is 0 Å². The first-order valence-electron chi connectivity index (χ1n) is 7.84. The van der Waals surface area contributed by atoms with Gasteiger partial charge in [0.2, 0.25) is 5.91 Å². The average Bonchev–Trinajstić information content (AvgIpc) is 2.63. The minimum atomic E-state index is -0.392. The van der Waals surface area contributed by atoms with E-state index in [1.807, 2.05) is 30.3 Å². The molecule has 0 radical (unpaired) electrons. The van der Waals surface area contributed by atoms with Crippen LogP contribution in [0.2, 0.25) is 5.02 Å². The molecule has 26 heavy (non-hydrogen) atoms. The van der Waals surface area contributed by atoms with Gasteiger partial charge in [-0.1, -0.05) is 59.2 Å².